The lowest BCUT2D eigenvalue weighted by Gasteiger charge is -2.21. The summed E-state index contributed by atoms with van der Waals surface area (Å²) in [5.41, 5.74) is 8.03. The van der Waals surface area contributed by atoms with Gasteiger partial charge in [0.2, 0.25) is 12.6 Å². The Morgan fingerprint density at radius 2 is 1.71 bits per heavy atom. The molecule has 4 N–H and O–H groups in total. The zero-order chi connectivity index (χ0) is 29.9. The van der Waals surface area contributed by atoms with Gasteiger partial charge in [0.15, 0.2) is 6.10 Å². The Hall–Kier alpha value is -4.54. The summed E-state index contributed by atoms with van der Waals surface area (Å²) < 4.78 is 23.3. The first-order chi connectivity index (χ1) is 19.5. The van der Waals surface area contributed by atoms with E-state index in [2.05, 4.69) is 10.1 Å². The summed E-state index contributed by atoms with van der Waals surface area (Å²) in [5.74, 6) is -4.56. The lowest BCUT2D eigenvalue weighted by molar-refractivity contribution is -0.172. The van der Waals surface area contributed by atoms with Crippen LogP contribution in [-0.2, 0) is 35.1 Å². The quantitative estimate of drug-likeness (QED) is 0.127. The molecule has 0 bridgehead atoms. The van der Waals surface area contributed by atoms with Crippen LogP contribution in [0.15, 0.2) is 78.9 Å². The Morgan fingerprint density at radius 3 is 2.37 bits per heavy atom. The molecule has 3 aromatic carbocycles. The number of halogens is 2. The van der Waals surface area contributed by atoms with E-state index in [1.807, 2.05) is 30.3 Å². The third kappa shape index (κ3) is 9.55. The summed E-state index contributed by atoms with van der Waals surface area (Å²) in [6.45, 7) is 0.434. The zero-order valence-electron chi connectivity index (χ0n) is 22.0. The van der Waals surface area contributed by atoms with Crippen LogP contribution in [0.2, 0.25) is 5.02 Å². The molecule has 0 saturated carbocycles. The highest BCUT2D eigenvalue weighted by atomic mass is 35.5. The number of ether oxygens (including phenoxy) is 2. The minimum Gasteiger partial charge on any atom is -0.428 e. The fourth-order valence-electron chi connectivity index (χ4n) is 3.85. The average molecular weight is 583 g/mol. The Morgan fingerprint density at radius 1 is 1.00 bits per heavy atom. The maximum Gasteiger partial charge on any atom is 0.337 e. The fourth-order valence-corrected chi connectivity index (χ4v) is 4.04. The highest BCUT2D eigenvalue weighted by Crippen LogP contribution is 2.23. The summed E-state index contributed by atoms with van der Waals surface area (Å²) >= 11 is 6.08. The van der Waals surface area contributed by atoms with E-state index in [0.29, 0.717) is 5.02 Å². The van der Waals surface area contributed by atoms with Crippen molar-refractivity contribution in [2.45, 2.75) is 31.9 Å². The number of esters is 2. The van der Waals surface area contributed by atoms with Crippen molar-refractivity contribution in [3.63, 3.8) is 0 Å². The molecular weight excluding hydrogens is 555 g/mol. The zero-order valence-corrected chi connectivity index (χ0v) is 22.8. The van der Waals surface area contributed by atoms with Gasteiger partial charge in [-0.05, 0) is 47.4 Å². The van der Waals surface area contributed by atoms with Crippen molar-refractivity contribution in [1.82, 2.24) is 5.32 Å². The molecular formula is C30H28ClFN2O7. The molecule has 0 heterocycles. The van der Waals surface area contributed by atoms with Gasteiger partial charge >= 0.3 is 11.9 Å². The second-order valence-corrected chi connectivity index (χ2v) is 9.43. The van der Waals surface area contributed by atoms with Crippen LogP contribution in [0.1, 0.15) is 24.5 Å². The van der Waals surface area contributed by atoms with Gasteiger partial charge in [-0.3, -0.25) is 14.4 Å². The predicted octanol–water partition coefficient (Wildman–Crippen LogP) is 3.56. The van der Waals surface area contributed by atoms with E-state index in [4.69, 9.17) is 22.1 Å². The van der Waals surface area contributed by atoms with Crippen LogP contribution >= 0.6 is 11.6 Å². The molecule has 0 aliphatic heterocycles. The average Bonchev–Trinajstić information content (AvgIpc) is 2.93. The normalized spacial score (nSPS) is 12.6. The highest BCUT2D eigenvalue weighted by Gasteiger charge is 2.26. The smallest absolute Gasteiger partial charge is 0.337 e. The second-order valence-electron chi connectivity index (χ2n) is 8.99. The van der Waals surface area contributed by atoms with Crippen molar-refractivity contribution in [3.05, 3.63) is 101 Å². The summed E-state index contributed by atoms with van der Waals surface area (Å²) in [6.07, 6.45) is -1.12. The molecule has 0 spiro atoms. The van der Waals surface area contributed by atoms with E-state index in [-0.39, 0.29) is 24.1 Å². The van der Waals surface area contributed by atoms with E-state index in [0.717, 1.165) is 35.8 Å². The van der Waals surface area contributed by atoms with Crippen LogP contribution in [-0.4, -0.2) is 47.7 Å². The molecule has 0 aliphatic rings. The molecule has 0 radical (unpaired) electrons. The van der Waals surface area contributed by atoms with Crippen molar-refractivity contribution >= 4 is 40.9 Å². The Labute approximate surface area is 240 Å². The Bertz CT molecular complexity index is 1440. The number of nitrogens with two attached hydrogens (primary N) is 1. The number of aliphatic hydroxyl groups excluding tert-OH is 1. The van der Waals surface area contributed by atoms with Gasteiger partial charge in [-0.15, -0.1) is 0 Å². The van der Waals surface area contributed by atoms with Crippen LogP contribution in [0.3, 0.4) is 0 Å². The van der Waals surface area contributed by atoms with Gasteiger partial charge in [-0.2, -0.15) is 0 Å². The first-order valence-corrected chi connectivity index (χ1v) is 12.8. The number of carbonyl (C=O) groups excluding carboxylic acids is 4. The first-order valence-electron chi connectivity index (χ1n) is 12.4. The molecule has 1 amide bonds. The number of benzene rings is 3. The van der Waals surface area contributed by atoms with Gasteiger partial charge in [-0.1, -0.05) is 60.1 Å². The summed E-state index contributed by atoms with van der Waals surface area (Å²) in [5, 5.41) is 13.5. The van der Waals surface area contributed by atoms with Crippen molar-refractivity contribution in [3.8, 4) is 11.1 Å². The van der Waals surface area contributed by atoms with E-state index < -0.39 is 48.4 Å². The van der Waals surface area contributed by atoms with Crippen LogP contribution in [0.25, 0.3) is 16.8 Å². The number of ketones is 1. The van der Waals surface area contributed by atoms with Crippen LogP contribution < -0.4 is 11.1 Å². The summed E-state index contributed by atoms with van der Waals surface area (Å²) in [7, 11) is 0. The molecule has 0 unspecified atom stereocenters. The van der Waals surface area contributed by atoms with Crippen molar-refractivity contribution in [2.75, 3.05) is 6.79 Å². The number of amides is 1. The van der Waals surface area contributed by atoms with Gasteiger partial charge < -0.3 is 25.6 Å². The van der Waals surface area contributed by atoms with Gasteiger partial charge in [0, 0.05) is 41.7 Å². The molecule has 9 nitrogen and oxygen atoms in total. The maximum atomic E-state index is 14.0. The van der Waals surface area contributed by atoms with E-state index in [1.165, 1.54) is 18.2 Å². The minimum atomic E-state index is -1.71. The van der Waals surface area contributed by atoms with E-state index in [9.17, 15) is 28.7 Å². The Kier molecular flexibility index (Phi) is 11.1. The molecule has 214 valence electrons. The molecule has 3 aromatic rings. The molecule has 0 aliphatic carbocycles. The number of rotatable bonds is 12. The third-order valence-electron chi connectivity index (χ3n) is 5.87. The first kappa shape index (κ1) is 31.0. The van der Waals surface area contributed by atoms with Crippen LogP contribution in [0.4, 0.5) is 4.39 Å². The number of hydrogen-bond acceptors (Lipinski definition) is 8. The monoisotopic (exact) mass is 582 g/mol. The van der Waals surface area contributed by atoms with Crippen molar-refractivity contribution < 1.29 is 38.1 Å². The third-order valence-corrected chi connectivity index (χ3v) is 6.10. The Balaban J connectivity index is 1.75. The molecule has 3 rings (SSSR count). The lowest BCUT2D eigenvalue weighted by atomic mass is 9.97. The highest BCUT2D eigenvalue weighted by molar-refractivity contribution is 6.41. The van der Waals surface area contributed by atoms with Crippen molar-refractivity contribution in [1.29, 1.82) is 0 Å². The molecule has 0 aromatic heterocycles. The number of aliphatic hydroxyl groups is 1. The van der Waals surface area contributed by atoms with Crippen molar-refractivity contribution in [2.24, 2.45) is 5.73 Å². The molecule has 0 fully saturated rings. The fraction of sp³-hybridized carbons (Fsp3) is 0.200. The lowest BCUT2D eigenvalue weighted by Crippen LogP contribution is -2.43. The topological polar surface area (TPSA) is 145 Å². The standard InChI is InChI=1S/C30H28ClFN2O7/c1-18(35)40-17-41-30(39)28(37)15-23(13-19-9-11-20(12-10-19)21-5-4-6-22(31)14-21)34-29(38)27(36)16-26(33)24-7-2-3-8-25(24)32/h2-12,14,16,23,28,37H,13,15,17,33H2,1H3,(H,34,38)/t23-,28-/m1/s1. The summed E-state index contributed by atoms with van der Waals surface area (Å²) in [4.78, 5) is 48.4. The minimum absolute atomic E-state index is 0.0454. The number of nitrogens with one attached hydrogen (secondary N) is 1. The molecule has 2 atom stereocenters. The van der Waals surface area contributed by atoms with Gasteiger partial charge in [0.1, 0.15) is 5.82 Å². The summed E-state index contributed by atoms with van der Waals surface area (Å²) in [6, 6.07) is 19.1. The van der Waals surface area contributed by atoms with Gasteiger partial charge in [0.25, 0.3) is 5.91 Å². The number of hydrogen-bond donors (Lipinski definition) is 3. The van der Waals surface area contributed by atoms with Gasteiger partial charge in [0.05, 0.1) is 0 Å². The predicted molar refractivity (Wildman–Crippen MR) is 149 cm³/mol. The molecule has 41 heavy (non-hydrogen) atoms. The molecule has 0 saturated heterocycles. The second kappa shape index (κ2) is 14.7. The van der Waals surface area contributed by atoms with Crippen LogP contribution in [0.5, 0.6) is 0 Å². The van der Waals surface area contributed by atoms with Gasteiger partial charge in [-0.25, -0.2) is 9.18 Å². The molecule has 11 heteroatoms. The largest absolute Gasteiger partial charge is 0.428 e. The van der Waals surface area contributed by atoms with E-state index >= 15 is 0 Å². The maximum absolute atomic E-state index is 14.0. The SMILES string of the molecule is CC(=O)OCOC(=O)[C@H](O)C[C@@H](Cc1ccc(-c2cccc(Cl)c2)cc1)NC(=O)C(=O)C=C(N)c1ccccc1F. The number of carbonyl (C=O) groups is 4. The van der Waals surface area contributed by atoms with Crippen LogP contribution in [0, 0.1) is 5.82 Å². The van der Waals surface area contributed by atoms with E-state index in [1.54, 1.807) is 18.2 Å².